The van der Waals surface area contributed by atoms with Crippen LogP contribution < -0.4 is 15.1 Å². The van der Waals surface area contributed by atoms with Crippen molar-refractivity contribution in [1.82, 2.24) is 0 Å². The molecule has 116 valence electrons. The highest BCUT2D eigenvalue weighted by Gasteiger charge is 2.24. The Morgan fingerprint density at radius 1 is 1.29 bits per heavy atom. The first-order valence-corrected chi connectivity index (χ1v) is 7.81. The van der Waals surface area contributed by atoms with Gasteiger partial charge in [0, 0.05) is 10.7 Å². The number of halogens is 1. The van der Waals surface area contributed by atoms with E-state index in [4.69, 9.17) is 16.7 Å². The van der Waals surface area contributed by atoms with Crippen LogP contribution >= 0.6 is 11.6 Å². The molecule has 5 nitrogen and oxygen atoms in total. The lowest BCUT2D eigenvalue weighted by molar-refractivity contribution is -1.01. The number of amides is 1. The molecule has 0 saturated carbocycles. The number of aliphatic hydroxyl groups excluding tert-OH is 1. The van der Waals surface area contributed by atoms with Crippen molar-refractivity contribution in [1.29, 1.82) is 0 Å². The Morgan fingerprint density at radius 2 is 1.95 bits per heavy atom. The van der Waals surface area contributed by atoms with Gasteiger partial charge in [-0.2, -0.15) is 0 Å². The molecule has 0 bridgehead atoms. The lowest BCUT2D eigenvalue weighted by Gasteiger charge is -2.28. The third-order valence-electron chi connectivity index (χ3n) is 4.08. The molecule has 0 atom stereocenters. The van der Waals surface area contributed by atoms with E-state index in [9.17, 15) is 4.79 Å². The van der Waals surface area contributed by atoms with E-state index in [2.05, 4.69) is 5.32 Å². The maximum absolute atomic E-state index is 12.1. The zero-order chi connectivity index (χ0) is 15.2. The molecule has 21 heavy (non-hydrogen) atoms. The van der Waals surface area contributed by atoms with Gasteiger partial charge in [0.1, 0.15) is 32.7 Å². The van der Waals surface area contributed by atoms with Gasteiger partial charge in [-0.1, -0.05) is 17.7 Å². The fraction of sp³-hybridized carbons (Fsp3) is 0.533. The number of piperazine rings is 1. The third-order valence-corrected chi connectivity index (χ3v) is 4.49. The van der Waals surface area contributed by atoms with Gasteiger partial charge in [0.25, 0.3) is 5.91 Å². The summed E-state index contributed by atoms with van der Waals surface area (Å²) in [6.07, 6.45) is 0. The van der Waals surface area contributed by atoms with Crippen molar-refractivity contribution in [3.05, 3.63) is 28.8 Å². The second-order valence-corrected chi connectivity index (χ2v) is 6.02. The van der Waals surface area contributed by atoms with Crippen molar-refractivity contribution in [2.75, 3.05) is 51.2 Å². The van der Waals surface area contributed by atoms with Gasteiger partial charge in [-0.15, -0.1) is 0 Å². The zero-order valence-corrected chi connectivity index (χ0v) is 13.2. The molecule has 1 fully saturated rings. The van der Waals surface area contributed by atoms with E-state index in [1.807, 2.05) is 25.1 Å². The number of aliphatic hydroxyl groups is 1. The van der Waals surface area contributed by atoms with Crippen LogP contribution in [0.25, 0.3) is 0 Å². The largest absolute Gasteiger partial charge is 0.391 e. The fourth-order valence-electron chi connectivity index (χ4n) is 2.71. The molecule has 1 heterocycles. The van der Waals surface area contributed by atoms with Crippen molar-refractivity contribution in [2.45, 2.75) is 6.92 Å². The van der Waals surface area contributed by atoms with Crippen LogP contribution in [0.1, 0.15) is 5.56 Å². The first-order chi connectivity index (χ1) is 10.1. The van der Waals surface area contributed by atoms with Crippen LogP contribution in [-0.2, 0) is 4.79 Å². The minimum atomic E-state index is 0.0287. The molecule has 1 aliphatic rings. The predicted octanol–water partition coefficient (Wildman–Crippen LogP) is -1.64. The Balaban J connectivity index is 1.81. The summed E-state index contributed by atoms with van der Waals surface area (Å²) in [5, 5.41) is 12.6. The average Bonchev–Trinajstić information content (AvgIpc) is 2.46. The van der Waals surface area contributed by atoms with Crippen molar-refractivity contribution in [3.8, 4) is 0 Å². The van der Waals surface area contributed by atoms with E-state index in [1.54, 1.807) is 0 Å². The van der Waals surface area contributed by atoms with E-state index >= 15 is 0 Å². The second-order valence-electron chi connectivity index (χ2n) is 5.61. The van der Waals surface area contributed by atoms with E-state index in [1.165, 1.54) is 9.80 Å². The summed E-state index contributed by atoms with van der Waals surface area (Å²) in [5.41, 5.74) is 1.69. The molecule has 4 N–H and O–H groups in total. The van der Waals surface area contributed by atoms with Crippen molar-refractivity contribution in [2.24, 2.45) is 0 Å². The maximum atomic E-state index is 12.1. The van der Waals surface area contributed by atoms with Gasteiger partial charge in [-0.3, -0.25) is 4.79 Å². The van der Waals surface area contributed by atoms with Gasteiger partial charge in [-0.05, 0) is 24.6 Å². The Kier molecular flexibility index (Phi) is 5.99. The zero-order valence-electron chi connectivity index (χ0n) is 12.4. The SMILES string of the molecule is Cc1c(Cl)cccc1NC(=O)C[NH+]1CC[NH+](CCO)CC1. The van der Waals surface area contributed by atoms with E-state index < -0.39 is 0 Å². The van der Waals surface area contributed by atoms with Crippen LogP contribution in [-0.4, -0.2) is 56.9 Å². The molecule has 1 saturated heterocycles. The van der Waals surface area contributed by atoms with Crippen LogP contribution in [0.2, 0.25) is 5.02 Å². The second kappa shape index (κ2) is 7.75. The summed E-state index contributed by atoms with van der Waals surface area (Å²) in [4.78, 5) is 14.9. The maximum Gasteiger partial charge on any atom is 0.279 e. The predicted molar refractivity (Wildman–Crippen MR) is 83.0 cm³/mol. The molecular formula is C15H24ClN3O2+2. The molecule has 0 aromatic heterocycles. The first kappa shape index (κ1) is 16.2. The third kappa shape index (κ3) is 4.68. The lowest BCUT2D eigenvalue weighted by atomic mass is 10.2. The quantitative estimate of drug-likeness (QED) is 0.527. The van der Waals surface area contributed by atoms with Gasteiger partial charge in [0.05, 0.1) is 6.61 Å². The van der Waals surface area contributed by atoms with E-state index in [0.717, 1.165) is 44.0 Å². The molecule has 0 spiro atoms. The van der Waals surface area contributed by atoms with Crippen LogP contribution in [0.4, 0.5) is 5.69 Å². The van der Waals surface area contributed by atoms with Gasteiger partial charge < -0.3 is 20.2 Å². The Bertz CT molecular complexity index is 488. The van der Waals surface area contributed by atoms with Crippen molar-refractivity contribution in [3.63, 3.8) is 0 Å². The van der Waals surface area contributed by atoms with Gasteiger partial charge >= 0.3 is 0 Å². The number of carbonyl (C=O) groups excluding carboxylic acids is 1. The number of carbonyl (C=O) groups is 1. The van der Waals surface area contributed by atoms with Crippen molar-refractivity contribution < 1.29 is 19.7 Å². The lowest BCUT2D eigenvalue weighted by Crippen LogP contribution is -3.28. The number of rotatable bonds is 5. The summed E-state index contributed by atoms with van der Waals surface area (Å²) in [5.74, 6) is 0.0287. The monoisotopic (exact) mass is 313 g/mol. The van der Waals surface area contributed by atoms with Gasteiger partial charge in [0.15, 0.2) is 6.54 Å². The summed E-state index contributed by atoms with van der Waals surface area (Å²) in [6.45, 7) is 7.40. The Morgan fingerprint density at radius 3 is 2.62 bits per heavy atom. The molecule has 6 heteroatoms. The van der Waals surface area contributed by atoms with Gasteiger partial charge in [-0.25, -0.2) is 0 Å². The molecule has 0 aliphatic carbocycles. The molecule has 0 unspecified atom stereocenters. The number of hydrogen-bond acceptors (Lipinski definition) is 2. The fourth-order valence-corrected chi connectivity index (χ4v) is 2.88. The molecule has 1 amide bonds. The molecular weight excluding hydrogens is 290 g/mol. The minimum absolute atomic E-state index is 0.0287. The van der Waals surface area contributed by atoms with E-state index in [0.29, 0.717) is 11.6 Å². The first-order valence-electron chi connectivity index (χ1n) is 7.43. The average molecular weight is 314 g/mol. The number of benzene rings is 1. The van der Waals surface area contributed by atoms with Crippen molar-refractivity contribution >= 4 is 23.2 Å². The number of anilines is 1. The van der Waals surface area contributed by atoms with Crippen LogP contribution in [0.15, 0.2) is 18.2 Å². The number of quaternary nitrogens is 2. The van der Waals surface area contributed by atoms with Crippen LogP contribution in [0, 0.1) is 6.92 Å². The normalized spacial score (nSPS) is 22.0. The van der Waals surface area contributed by atoms with Crippen LogP contribution in [0.5, 0.6) is 0 Å². The highest BCUT2D eigenvalue weighted by molar-refractivity contribution is 6.31. The highest BCUT2D eigenvalue weighted by atomic mass is 35.5. The molecule has 2 rings (SSSR count). The number of hydrogen-bond donors (Lipinski definition) is 4. The standard InChI is InChI=1S/C15H22ClN3O2/c1-12-13(16)3-2-4-14(12)17-15(21)11-19-7-5-18(6-8-19)9-10-20/h2-4,20H,5-11H2,1H3,(H,17,21)/p+2. The summed E-state index contributed by atoms with van der Waals surface area (Å²) >= 11 is 6.06. The number of nitrogens with one attached hydrogen (secondary N) is 3. The summed E-state index contributed by atoms with van der Waals surface area (Å²) in [7, 11) is 0. The molecule has 1 aromatic carbocycles. The Labute approximate surface area is 130 Å². The highest BCUT2D eigenvalue weighted by Crippen LogP contribution is 2.22. The van der Waals surface area contributed by atoms with Crippen LogP contribution in [0.3, 0.4) is 0 Å². The Hall–Kier alpha value is -1.14. The molecule has 1 aliphatic heterocycles. The molecule has 0 radical (unpaired) electrons. The van der Waals surface area contributed by atoms with E-state index in [-0.39, 0.29) is 12.5 Å². The summed E-state index contributed by atoms with van der Waals surface area (Å²) < 4.78 is 0. The smallest absolute Gasteiger partial charge is 0.279 e. The topological polar surface area (TPSA) is 58.2 Å². The molecule has 1 aromatic rings. The minimum Gasteiger partial charge on any atom is -0.391 e. The summed E-state index contributed by atoms with van der Waals surface area (Å²) in [6, 6.07) is 5.54. The van der Waals surface area contributed by atoms with Gasteiger partial charge in [0.2, 0.25) is 0 Å².